The molecule has 3 nitrogen and oxygen atoms in total. The first-order valence-electron chi connectivity index (χ1n) is 7.36. The molecule has 0 amide bonds. The normalized spacial score (nSPS) is 9.65. The van der Waals surface area contributed by atoms with Gasteiger partial charge in [0.1, 0.15) is 5.82 Å². The monoisotopic (exact) mass is 565 g/mol. The summed E-state index contributed by atoms with van der Waals surface area (Å²) in [5.74, 6) is 11.5. The number of pyridine rings is 2. The van der Waals surface area contributed by atoms with E-state index in [0.717, 1.165) is 18.3 Å². The summed E-state index contributed by atoms with van der Waals surface area (Å²) in [4.78, 5) is 8.05. The summed E-state index contributed by atoms with van der Waals surface area (Å²) in [7, 11) is 0. The van der Waals surface area contributed by atoms with Crippen LogP contribution in [0.25, 0.3) is 0 Å². The molecule has 2 heterocycles. The van der Waals surface area contributed by atoms with Crippen LogP contribution < -0.4 is 5.73 Å². The summed E-state index contributed by atoms with van der Waals surface area (Å²) in [5.41, 5.74) is 8.95. The Morgan fingerprint density at radius 2 is 1.19 bits per heavy atom. The SMILES string of the molecule is Nc1c(C#Cc2ccncc2I)cc(F)cc1C#Cc1ccncc1I. The van der Waals surface area contributed by atoms with E-state index < -0.39 is 5.82 Å². The number of hydrogen-bond donors (Lipinski definition) is 1. The number of halogens is 3. The molecule has 0 bridgehead atoms. The maximum absolute atomic E-state index is 14.0. The smallest absolute Gasteiger partial charge is 0.125 e. The van der Waals surface area contributed by atoms with Gasteiger partial charge >= 0.3 is 0 Å². The van der Waals surface area contributed by atoms with Crippen LogP contribution >= 0.6 is 45.2 Å². The number of anilines is 1. The molecule has 26 heavy (non-hydrogen) atoms. The van der Waals surface area contributed by atoms with Gasteiger partial charge in [-0.3, -0.25) is 9.97 Å². The Labute approximate surface area is 177 Å². The summed E-state index contributed by atoms with van der Waals surface area (Å²) >= 11 is 4.30. The highest BCUT2D eigenvalue weighted by Gasteiger charge is 2.06. The molecule has 0 fully saturated rings. The van der Waals surface area contributed by atoms with Crippen molar-refractivity contribution in [1.82, 2.24) is 9.97 Å². The van der Waals surface area contributed by atoms with Gasteiger partial charge in [-0.15, -0.1) is 0 Å². The van der Waals surface area contributed by atoms with Gasteiger partial charge in [-0.2, -0.15) is 0 Å². The van der Waals surface area contributed by atoms with Crippen molar-refractivity contribution in [1.29, 1.82) is 0 Å². The van der Waals surface area contributed by atoms with Crippen molar-refractivity contribution >= 4 is 50.9 Å². The van der Waals surface area contributed by atoms with E-state index in [1.165, 1.54) is 12.1 Å². The molecular weight excluding hydrogens is 555 g/mol. The number of nitrogens with two attached hydrogens (primary N) is 1. The molecular formula is C20H10FI2N3. The zero-order valence-electron chi connectivity index (χ0n) is 13.2. The minimum atomic E-state index is -0.429. The maximum atomic E-state index is 14.0. The highest BCUT2D eigenvalue weighted by atomic mass is 127. The van der Waals surface area contributed by atoms with Crippen LogP contribution in [-0.4, -0.2) is 9.97 Å². The second kappa shape index (κ2) is 8.47. The molecule has 0 saturated heterocycles. The molecule has 1 aromatic carbocycles. The first-order valence-corrected chi connectivity index (χ1v) is 9.52. The number of rotatable bonds is 0. The number of benzene rings is 1. The van der Waals surface area contributed by atoms with Crippen LogP contribution in [0.3, 0.4) is 0 Å². The van der Waals surface area contributed by atoms with Crippen molar-refractivity contribution in [2.75, 3.05) is 5.73 Å². The molecule has 0 aliphatic rings. The van der Waals surface area contributed by atoms with Crippen LogP contribution in [-0.2, 0) is 0 Å². The molecule has 0 aliphatic carbocycles. The molecule has 3 aromatic rings. The summed E-state index contributed by atoms with van der Waals surface area (Å²) < 4.78 is 15.8. The number of aromatic nitrogens is 2. The van der Waals surface area contributed by atoms with Crippen LogP contribution in [0.15, 0.2) is 49.1 Å². The lowest BCUT2D eigenvalue weighted by Crippen LogP contribution is -1.97. The Hall–Kier alpha value is -2.17. The lowest BCUT2D eigenvalue weighted by molar-refractivity contribution is 0.627. The fraction of sp³-hybridized carbons (Fsp3) is 0. The second-order valence-corrected chi connectivity index (χ2v) is 7.45. The van der Waals surface area contributed by atoms with Crippen molar-refractivity contribution in [3.05, 3.63) is 84.3 Å². The second-order valence-electron chi connectivity index (χ2n) is 5.13. The molecule has 0 saturated carbocycles. The topological polar surface area (TPSA) is 51.8 Å². The first kappa shape index (κ1) is 18.6. The van der Waals surface area contributed by atoms with E-state index in [4.69, 9.17) is 5.73 Å². The van der Waals surface area contributed by atoms with Gasteiger partial charge in [0.25, 0.3) is 0 Å². The van der Waals surface area contributed by atoms with Gasteiger partial charge in [0.05, 0.1) is 16.8 Å². The van der Waals surface area contributed by atoms with E-state index in [9.17, 15) is 4.39 Å². The Morgan fingerprint density at radius 1 is 0.769 bits per heavy atom. The molecule has 0 atom stereocenters. The van der Waals surface area contributed by atoms with Crippen molar-refractivity contribution in [2.45, 2.75) is 0 Å². The van der Waals surface area contributed by atoms with Gasteiger partial charge in [0, 0.05) is 43.1 Å². The minimum absolute atomic E-state index is 0.361. The lowest BCUT2D eigenvalue weighted by Gasteiger charge is -2.03. The molecule has 0 aliphatic heterocycles. The van der Waals surface area contributed by atoms with Crippen molar-refractivity contribution < 1.29 is 4.39 Å². The van der Waals surface area contributed by atoms with Crippen LogP contribution in [0.1, 0.15) is 22.3 Å². The molecule has 6 heteroatoms. The zero-order chi connectivity index (χ0) is 18.5. The van der Waals surface area contributed by atoms with Gasteiger partial charge in [-0.25, -0.2) is 4.39 Å². The average molecular weight is 565 g/mol. The third-order valence-corrected chi connectivity index (χ3v) is 5.07. The van der Waals surface area contributed by atoms with E-state index in [2.05, 4.69) is 78.8 Å². The summed E-state index contributed by atoms with van der Waals surface area (Å²) in [6, 6.07) is 6.24. The van der Waals surface area contributed by atoms with Crippen molar-refractivity contribution in [3.63, 3.8) is 0 Å². The maximum Gasteiger partial charge on any atom is 0.125 e. The quantitative estimate of drug-likeness (QED) is 0.253. The highest BCUT2D eigenvalue weighted by molar-refractivity contribution is 14.1. The van der Waals surface area contributed by atoms with Gasteiger partial charge in [-0.1, -0.05) is 23.7 Å². The number of hydrogen-bond acceptors (Lipinski definition) is 3. The van der Waals surface area contributed by atoms with Gasteiger partial charge in [0.2, 0.25) is 0 Å². The molecule has 0 spiro atoms. The van der Waals surface area contributed by atoms with Gasteiger partial charge in [0.15, 0.2) is 0 Å². The predicted octanol–water partition coefficient (Wildman–Crippen LogP) is 4.21. The van der Waals surface area contributed by atoms with Crippen molar-refractivity contribution in [2.24, 2.45) is 0 Å². The number of nitrogens with zero attached hydrogens (tertiary/aromatic N) is 2. The summed E-state index contributed by atoms with van der Waals surface area (Å²) in [6.45, 7) is 0. The Morgan fingerprint density at radius 3 is 1.62 bits per heavy atom. The minimum Gasteiger partial charge on any atom is -0.397 e. The van der Waals surface area contributed by atoms with Gasteiger partial charge < -0.3 is 5.73 Å². The molecule has 2 aromatic heterocycles. The predicted molar refractivity (Wildman–Crippen MR) is 117 cm³/mol. The zero-order valence-corrected chi connectivity index (χ0v) is 17.5. The summed E-state index contributed by atoms with van der Waals surface area (Å²) in [5, 5.41) is 0. The fourth-order valence-corrected chi connectivity index (χ4v) is 3.00. The van der Waals surface area contributed by atoms with E-state index in [1.54, 1.807) is 36.9 Å². The van der Waals surface area contributed by atoms with Gasteiger partial charge in [-0.05, 0) is 69.4 Å². The Bertz CT molecular complexity index is 1020. The molecule has 126 valence electrons. The Kier molecular flexibility index (Phi) is 6.07. The number of nitrogen functional groups attached to an aromatic ring is 1. The third-order valence-electron chi connectivity index (χ3n) is 3.35. The van der Waals surface area contributed by atoms with E-state index in [1.807, 2.05) is 0 Å². The Balaban J connectivity index is 2.01. The highest BCUT2D eigenvalue weighted by Crippen LogP contribution is 2.19. The average Bonchev–Trinajstić information content (AvgIpc) is 2.63. The van der Waals surface area contributed by atoms with Crippen LogP contribution in [0.2, 0.25) is 0 Å². The fourth-order valence-electron chi connectivity index (χ4n) is 2.05. The van der Waals surface area contributed by atoms with Crippen LogP contribution in [0.4, 0.5) is 10.1 Å². The lowest BCUT2D eigenvalue weighted by atomic mass is 10.1. The van der Waals surface area contributed by atoms with E-state index >= 15 is 0 Å². The van der Waals surface area contributed by atoms with E-state index in [0.29, 0.717) is 16.8 Å². The largest absolute Gasteiger partial charge is 0.397 e. The van der Waals surface area contributed by atoms with Crippen LogP contribution in [0.5, 0.6) is 0 Å². The summed E-state index contributed by atoms with van der Waals surface area (Å²) in [6.07, 6.45) is 6.75. The molecule has 2 N–H and O–H groups in total. The third kappa shape index (κ3) is 4.51. The molecule has 0 radical (unpaired) electrons. The standard InChI is InChI=1S/C20H10FI2N3/c21-17-9-15(3-1-13-5-7-25-11-18(13)22)20(24)16(10-17)4-2-14-6-8-26-12-19(14)23/h5-12H,24H2. The van der Waals surface area contributed by atoms with Crippen LogP contribution in [0, 0.1) is 36.6 Å². The molecule has 3 rings (SSSR count). The van der Waals surface area contributed by atoms with E-state index in [-0.39, 0.29) is 0 Å². The van der Waals surface area contributed by atoms with Crippen molar-refractivity contribution in [3.8, 4) is 23.7 Å². The molecule has 0 unspecified atom stereocenters. The first-order chi connectivity index (χ1) is 12.5.